The average Bonchev–Trinajstić information content (AvgIpc) is 2.36. The van der Waals surface area contributed by atoms with Crippen LogP contribution in [0, 0.1) is 0 Å². The normalized spacial score (nSPS) is 24.4. The molecule has 1 atom stereocenters. The summed E-state index contributed by atoms with van der Waals surface area (Å²) < 4.78 is 0. The molecule has 0 aliphatic carbocycles. The van der Waals surface area contributed by atoms with Gasteiger partial charge in [0, 0.05) is 20.9 Å². The van der Waals surface area contributed by atoms with Gasteiger partial charge in [0.2, 0.25) is 11.8 Å². The number of nitrogens with one attached hydrogen (secondary N) is 3. The highest BCUT2D eigenvalue weighted by Crippen LogP contribution is 2.14. The van der Waals surface area contributed by atoms with E-state index in [1.807, 2.05) is 0 Å². The molecule has 1 aliphatic rings. The summed E-state index contributed by atoms with van der Waals surface area (Å²) in [7, 11) is 1.71. The standard InChI is InChI=1S/C6H12N4O2/c1-4(11)7-6(8-5(2)12)9-10(6)3/h9H,1-3H3,(H,7,11)(H,8,12). The van der Waals surface area contributed by atoms with Gasteiger partial charge in [-0.2, -0.15) is 10.4 Å². The summed E-state index contributed by atoms with van der Waals surface area (Å²) in [6.07, 6.45) is 0. The van der Waals surface area contributed by atoms with Crippen molar-refractivity contribution in [3.63, 3.8) is 0 Å². The van der Waals surface area contributed by atoms with Gasteiger partial charge in [0.1, 0.15) is 0 Å². The lowest BCUT2D eigenvalue weighted by Crippen LogP contribution is -2.54. The van der Waals surface area contributed by atoms with Gasteiger partial charge in [-0.1, -0.05) is 0 Å². The number of nitrogens with zero attached hydrogens (tertiary/aromatic N) is 1. The number of hydrogen-bond donors (Lipinski definition) is 3. The average molecular weight is 172 g/mol. The molecule has 1 heterocycles. The van der Waals surface area contributed by atoms with Crippen molar-refractivity contribution in [3.05, 3.63) is 0 Å². The van der Waals surface area contributed by atoms with Gasteiger partial charge in [-0.05, 0) is 0 Å². The SMILES string of the molecule is CC(=O)NC1(NC(C)=O)NN1C. The number of carbonyl (C=O) groups excluding carboxylic acids is 2. The van der Waals surface area contributed by atoms with Crippen molar-refractivity contribution < 1.29 is 9.59 Å². The van der Waals surface area contributed by atoms with Crippen LogP contribution >= 0.6 is 0 Å². The van der Waals surface area contributed by atoms with E-state index >= 15 is 0 Å². The van der Waals surface area contributed by atoms with Crippen molar-refractivity contribution in [3.8, 4) is 0 Å². The van der Waals surface area contributed by atoms with E-state index < -0.39 is 5.91 Å². The summed E-state index contributed by atoms with van der Waals surface area (Å²) in [6, 6.07) is 0. The molecule has 1 fully saturated rings. The molecule has 1 rings (SSSR count). The van der Waals surface area contributed by atoms with E-state index in [0.717, 1.165) is 0 Å². The third-order valence-corrected chi connectivity index (χ3v) is 1.50. The molecule has 1 saturated heterocycles. The lowest BCUT2D eigenvalue weighted by Gasteiger charge is -2.14. The summed E-state index contributed by atoms with van der Waals surface area (Å²) in [5, 5.41) is 6.70. The summed E-state index contributed by atoms with van der Waals surface area (Å²) in [5.74, 6) is -1.28. The Bertz CT molecular complexity index is 212. The third kappa shape index (κ3) is 1.72. The van der Waals surface area contributed by atoms with Crippen LogP contribution in [-0.4, -0.2) is 29.8 Å². The van der Waals surface area contributed by atoms with Crippen LogP contribution in [0.5, 0.6) is 0 Å². The Hall–Kier alpha value is -1.14. The molecule has 0 radical (unpaired) electrons. The quantitative estimate of drug-likeness (QED) is 0.343. The van der Waals surface area contributed by atoms with Crippen molar-refractivity contribution in [1.82, 2.24) is 21.1 Å². The van der Waals surface area contributed by atoms with E-state index in [0.29, 0.717) is 0 Å². The minimum Gasteiger partial charge on any atom is -0.306 e. The second-order valence-corrected chi connectivity index (χ2v) is 2.74. The molecule has 12 heavy (non-hydrogen) atoms. The Morgan fingerprint density at radius 2 is 1.58 bits per heavy atom. The van der Waals surface area contributed by atoms with Gasteiger partial charge in [0.15, 0.2) is 0 Å². The second kappa shape index (κ2) is 2.72. The monoisotopic (exact) mass is 172 g/mol. The van der Waals surface area contributed by atoms with Crippen molar-refractivity contribution in [1.29, 1.82) is 0 Å². The number of hydrogen-bond acceptors (Lipinski definition) is 4. The molecule has 0 aromatic rings. The van der Waals surface area contributed by atoms with Gasteiger partial charge in [-0.25, -0.2) is 0 Å². The zero-order valence-corrected chi connectivity index (χ0v) is 7.26. The first kappa shape index (κ1) is 8.95. The van der Waals surface area contributed by atoms with Crippen LogP contribution in [0.4, 0.5) is 0 Å². The fourth-order valence-electron chi connectivity index (χ4n) is 0.982. The van der Waals surface area contributed by atoms with Crippen LogP contribution in [-0.2, 0) is 9.59 Å². The molecular formula is C6H12N4O2. The number of amides is 2. The molecule has 6 heteroatoms. The number of hydrazine groups is 1. The Kier molecular flexibility index (Phi) is 2.03. The zero-order valence-electron chi connectivity index (χ0n) is 7.26. The van der Waals surface area contributed by atoms with Gasteiger partial charge in [0.05, 0.1) is 0 Å². The Morgan fingerprint density at radius 1 is 1.25 bits per heavy atom. The van der Waals surface area contributed by atoms with Crippen LogP contribution in [0.3, 0.4) is 0 Å². The van der Waals surface area contributed by atoms with Crippen LogP contribution in [0.2, 0.25) is 0 Å². The van der Waals surface area contributed by atoms with E-state index in [4.69, 9.17) is 0 Å². The summed E-state index contributed by atoms with van der Waals surface area (Å²) in [5.41, 5.74) is 2.78. The summed E-state index contributed by atoms with van der Waals surface area (Å²) in [4.78, 5) is 21.4. The maximum atomic E-state index is 10.7. The maximum Gasteiger partial charge on any atom is 0.257 e. The maximum absolute atomic E-state index is 10.7. The van der Waals surface area contributed by atoms with Gasteiger partial charge in [-0.3, -0.25) is 9.59 Å². The first-order chi connectivity index (χ1) is 5.46. The molecule has 68 valence electrons. The van der Waals surface area contributed by atoms with E-state index in [1.54, 1.807) is 12.1 Å². The smallest absolute Gasteiger partial charge is 0.257 e. The van der Waals surface area contributed by atoms with Crippen molar-refractivity contribution in [2.24, 2.45) is 0 Å². The zero-order chi connectivity index (χ0) is 9.35. The Balaban J connectivity index is 2.54. The molecule has 0 aromatic carbocycles. The molecule has 1 unspecified atom stereocenters. The van der Waals surface area contributed by atoms with E-state index in [-0.39, 0.29) is 11.8 Å². The highest BCUT2D eigenvalue weighted by molar-refractivity contribution is 5.77. The second-order valence-electron chi connectivity index (χ2n) is 2.74. The van der Waals surface area contributed by atoms with Crippen molar-refractivity contribution in [2.45, 2.75) is 19.8 Å². The highest BCUT2D eigenvalue weighted by Gasteiger charge is 2.51. The molecule has 1 aliphatic heterocycles. The summed E-state index contributed by atoms with van der Waals surface area (Å²) in [6.45, 7) is 2.77. The molecule has 0 spiro atoms. The lowest BCUT2D eigenvalue weighted by atomic mass is 10.5. The minimum absolute atomic E-state index is 0.208. The molecule has 3 N–H and O–H groups in total. The van der Waals surface area contributed by atoms with E-state index in [9.17, 15) is 9.59 Å². The van der Waals surface area contributed by atoms with Gasteiger partial charge in [-0.15, -0.1) is 0 Å². The lowest BCUT2D eigenvalue weighted by molar-refractivity contribution is -0.123. The molecular weight excluding hydrogens is 160 g/mol. The predicted octanol–water partition coefficient (Wildman–Crippen LogP) is -1.68. The molecule has 0 bridgehead atoms. The predicted molar refractivity (Wildman–Crippen MR) is 41.3 cm³/mol. The van der Waals surface area contributed by atoms with Gasteiger partial charge >= 0.3 is 0 Å². The van der Waals surface area contributed by atoms with E-state index in [1.165, 1.54) is 13.8 Å². The topological polar surface area (TPSA) is 83.2 Å². The Morgan fingerprint density at radius 3 is 1.75 bits per heavy atom. The fraction of sp³-hybridized carbons (Fsp3) is 0.667. The third-order valence-electron chi connectivity index (χ3n) is 1.50. The molecule has 2 amide bonds. The van der Waals surface area contributed by atoms with E-state index in [2.05, 4.69) is 16.1 Å². The van der Waals surface area contributed by atoms with Crippen LogP contribution < -0.4 is 16.1 Å². The van der Waals surface area contributed by atoms with Gasteiger partial charge in [0.25, 0.3) is 5.91 Å². The molecule has 6 nitrogen and oxygen atoms in total. The molecule has 0 saturated carbocycles. The largest absolute Gasteiger partial charge is 0.306 e. The Labute approximate surface area is 70.3 Å². The minimum atomic E-state index is -0.863. The summed E-state index contributed by atoms with van der Waals surface area (Å²) >= 11 is 0. The first-order valence-electron chi connectivity index (χ1n) is 3.55. The first-order valence-corrected chi connectivity index (χ1v) is 3.55. The van der Waals surface area contributed by atoms with Crippen molar-refractivity contribution in [2.75, 3.05) is 7.05 Å². The fourth-order valence-corrected chi connectivity index (χ4v) is 0.982. The molecule has 0 aromatic heterocycles. The van der Waals surface area contributed by atoms with Gasteiger partial charge < -0.3 is 10.6 Å². The number of carbonyl (C=O) groups is 2. The van der Waals surface area contributed by atoms with Crippen LogP contribution in [0.25, 0.3) is 0 Å². The van der Waals surface area contributed by atoms with Crippen LogP contribution in [0.1, 0.15) is 13.8 Å². The van der Waals surface area contributed by atoms with Crippen LogP contribution in [0.15, 0.2) is 0 Å². The number of rotatable bonds is 2. The van der Waals surface area contributed by atoms with Crippen molar-refractivity contribution >= 4 is 11.8 Å². The highest BCUT2D eigenvalue weighted by atomic mass is 16.2.